The van der Waals surface area contributed by atoms with E-state index in [-0.39, 0.29) is 22.5 Å². The van der Waals surface area contributed by atoms with Crippen molar-refractivity contribution in [3.8, 4) is 5.75 Å². The number of carbonyl (C=O) groups excluding carboxylic acids is 1. The minimum absolute atomic E-state index is 0.0763. The van der Waals surface area contributed by atoms with Gasteiger partial charge in [0, 0.05) is 6.54 Å². The average Bonchev–Trinajstić information content (AvgIpc) is 2.97. The van der Waals surface area contributed by atoms with Gasteiger partial charge in [-0.05, 0) is 54.6 Å². The van der Waals surface area contributed by atoms with Crippen LogP contribution in [-0.2, 0) is 14.8 Å². The fourth-order valence-corrected chi connectivity index (χ4v) is 4.80. The van der Waals surface area contributed by atoms with Crippen LogP contribution in [0.2, 0.25) is 0 Å². The van der Waals surface area contributed by atoms with Gasteiger partial charge in [0.2, 0.25) is 0 Å². The Morgan fingerprint density at radius 1 is 1.21 bits per heavy atom. The molecule has 0 saturated carbocycles. The first-order valence-corrected chi connectivity index (χ1v) is 11.0. The molecule has 0 N–H and O–H groups in total. The number of amides is 1. The lowest BCUT2D eigenvalue weighted by atomic mass is 10.2. The van der Waals surface area contributed by atoms with Crippen molar-refractivity contribution in [3.05, 3.63) is 77.2 Å². The lowest BCUT2D eigenvalue weighted by molar-refractivity contribution is -0.121. The topological polar surface area (TPSA) is 76.0 Å². The third-order valence-corrected chi connectivity index (χ3v) is 6.51. The van der Waals surface area contributed by atoms with Crippen LogP contribution >= 0.6 is 11.8 Å². The number of sulfonamides is 1. The second-order valence-corrected chi connectivity index (χ2v) is 8.87. The standard InChI is InChI=1S/C21H20N2O4S2/c1-4-12-23-20(24)19(14-16-6-5-7-17(13-16)27-3)28-21(23)22-29(25,26)18-10-8-15(2)9-11-18/h4-11,13-14H,1,12H2,2-3H3. The van der Waals surface area contributed by atoms with Crippen molar-refractivity contribution < 1.29 is 17.9 Å². The Kier molecular flexibility index (Phi) is 6.24. The first kappa shape index (κ1) is 20.9. The molecule has 29 heavy (non-hydrogen) atoms. The molecule has 6 nitrogen and oxygen atoms in total. The molecule has 0 radical (unpaired) electrons. The number of benzene rings is 2. The first-order chi connectivity index (χ1) is 13.8. The van der Waals surface area contributed by atoms with E-state index in [2.05, 4.69) is 11.0 Å². The highest BCUT2D eigenvalue weighted by Gasteiger charge is 2.34. The Bertz CT molecular complexity index is 1100. The summed E-state index contributed by atoms with van der Waals surface area (Å²) in [5.74, 6) is 0.337. The van der Waals surface area contributed by atoms with Gasteiger partial charge in [0.1, 0.15) is 5.75 Å². The third-order valence-electron chi connectivity index (χ3n) is 4.11. The van der Waals surface area contributed by atoms with Crippen molar-refractivity contribution in [1.29, 1.82) is 0 Å². The molecule has 0 spiro atoms. The Balaban J connectivity index is 1.98. The van der Waals surface area contributed by atoms with Crippen molar-refractivity contribution in [2.24, 2.45) is 4.40 Å². The van der Waals surface area contributed by atoms with Gasteiger partial charge in [-0.25, -0.2) is 0 Å². The molecule has 0 bridgehead atoms. The lowest BCUT2D eigenvalue weighted by Crippen LogP contribution is -2.29. The molecule has 0 aliphatic carbocycles. The number of rotatable bonds is 6. The Labute approximate surface area is 174 Å². The first-order valence-electron chi connectivity index (χ1n) is 8.72. The van der Waals surface area contributed by atoms with E-state index in [1.54, 1.807) is 37.5 Å². The molecule has 1 heterocycles. The minimum Gasteiger partial charge on any atom is -0.497 e. The van der Waals surface area contributed by atoms with Gasteiger partial charge in [-0.3, -0.25) is 9.69 Å². The summed E-state index contributed by atoms with van der Waals surface area (Å²) >= 11 is 1.02. The predicted octanol–water partition coefficient (Wildman–Crippen LogP) is 3.85. The van der Waals surface area contributed by atoms with Crippen molar-refractivity contribution in [2.45, 2.75) is 11.8 Å². The summed E-state index contributed by atoms with van der Waals surface area (Å²) in [7, 11) is -2.39. The zero-order chi connectivity index (χ0) is 21.0. The highest BCUT2D eigenvalue weighted by molar-refractivity contribution is 8.19. The van der Waals surface area contributed by atoms with Gasteiger partial charge in [0.25, 0.3) is 15.9 Å². The SMILES string of the molecule is C=CCN1C(=O)C(=Cc2cccc(OC)c2)SC1=NS(=O)(=O)c1ccc(C)cc1. The van der Waals surface area contributed by atoms with Crippen LogP contribution in [0.25, 0.3) is 6.08 Å². The summed E-state index contributed by atoms with van der Waals surface area (Å²) in [5, 5.41) is 0.102. The van der Waals surface area contributed by atoms with Crippen LogP contribution in [-0.4, -0.2) is 38.0 Å². The second-order valence-electron chi connectivity index (χ2n) is 6.25. The van der Waals surface area contributed by atoms with Gasteiger partial charge in [-0.1, -0.05) is 35.9 Å². The van der Waals surface area contributed by atoms with Crippen LogP contribution in [0.15, 0.2) is 75.4 Å². The average molecular weight is 429 g/mol. The van der Waals surface area contributed by atoms with E-state index < -0.39 is 10.0 Å². The van der Waals surface area contributed by atoms with Crippen molar-refractivity contribution in [1.82, 2.24) is 4.90 Å². The van der Waals surface area contributed by atoms with Crippen LogP contribution in [0.4, 0.5) is 0 Å². The molecule has 1 aliphatic rings. The zero-order valence-electron chi connectivity index (χ0n) is 16.0. The predicted molar refractivity (Wildman–Crippen MR) is 116 cm³/mol. The van der Waals surface area contributed by atoms with Crippen molar-refractivity contribution in [2.75, 3.05) is 13.7 Å². The molecule has 1 amide bonds. The molecule has 2 aromatic rings. The van der Waals surface area contributed by atoms with Gasteiger partial charge in [-0.15, -0.1) is 11.0 Å². The molecule has 0 unspecified atom stereocenters. The maximum absolute atomic E-state index is 12.8. The monoisotopic (exact) mass is 428 g/mol. The summed E-state index contributed by atoms with van der Waals surface area (Å²) in [6.07, 6.45) is 3.22. The van der Waals surface area contributed by atoms with E-state index >= 15 is 0 Å². The highest BCUT2D eigenvalue weighted by atomic mass is 32.2. The molecule has 1 fully saturated rings. The number of methoxy groups -OCH3 is 1. The van der Waals surface area contributed by atoms with Crippen LogP contribution < -0.4 is 4.74 Å². The summed E-state index contributed by atoms with van der Waals surface area (Å²) < 4.78 is 34.5. The molecule has 8 heteroatoms. The van der Waals surface area contributed by atoms with E-state index in [0.29, 0.717) is 10.7 Å². The number of ether oxygens (including phenoxy) is 1. The van der Waals surface area contributed by atoms with Gasteiger partial charge in [0.05, 0.1) is 16.9 Å². The quantitative estimate of drug-likeness (QED) is 0.516. The number of amidine groups is 1. The Hall–Kier alpha value is -2.84. The number of aryl methyl sites for hydroxylation is 1. The number of carbonyl (C=O) groups is 1. The van der Waals surface area contributed by atoms with Crippen LogP contribution in [0, 0.1) is 6.92 Å². The molecule has 150 valence electrons. The Morgan fingerprint density at radius 3 is 2.59 bits per heavy atom. The van der Waals surface area contributed by atoms with Crippen LogP contribution in [0.3, 0.4) is 0 Å². The van der Waals surface area contributed by atoms with Gasteiger partial charge < -0.3 is 4.74 Å². The van der Waals surface area contributed by atoms with E-state index in [1.807, 2.05) is 19.1 Å². The summed E-state index contributed by atoms with van der Waals surface area (Å²) in [5.41, 5.74) is 1.71. The van der Waals surface area contributed by atoms with E-state index in [9.17, 15) is 13.2 Å². The number of nitrogens with zero attached hydrogens (tertiary/aromatic N) is 2. The van der Waals surface area contributed by atoms with E-state index in [0.717, 1.165) is 22.9 Å². The number of hydrogen-bond acceptors (Lipinski definition) is 5. The third kappa shape index (κ3) is 4.78. The van der Waals surface area contributed by atoms with E-state index in [4.69, 9.17) is 4.74 Å². The molecule has 1 saturated heterocycles. The largest absolute Gasteiger partial charge is 0.497 e. The highest BCUT2D eigenvalue weighted by Crippen LogP contribution is 2.34. The van der Waals surface area contributed by atoms with Gasteiger partial charge in [0.15, 0.2) is 5.17 Å². The Morgan fingerprint density at radius 2 is 1.93 bits per heavy atom. The normalized spacial score (nSPS) is 17.2. The fourth-order valence-electron chi connectivity index (χ4n) is 2.61. The second kappa shape index (κ2) is 8.67. The number of thioether (sulfide) groups is 1. The minimum atomic E-state index is -3.95. The maximum atomic E-state index is 12.8. The van der Waals surface area contributed by atoms with Crippen molar-refractivity contribution in [3.63, 3.8) is 0 Å². The molecule has 0 aromatic heterocycles. The molecule has 3 rings (SSSR count). The smallest absolute Gasteiger partial charge is 0.284 e. The summed E-state index contributed by atoms with van der Waals surface area (Å²) in [6.45, 7) is 5.67. The number of hydrogen-bond donors (Lipinski definition) is 0. The molecule has 2 aromatic carbocycles. The molecular weight excluding hydrogens is 408 g/mol. The molecular formula is C21H20N2O4S2. The lowest BCUT2D eigenvalue weighted by Gasteiger charge is -2.12. The van der Waals surface area contributed by atoms with Gasteiger partial charge in [-0.2, -0.15) is 8.42 Å². The summed E-state index contributed by atoms with van der Waals surface area (Å²) in [4.78, 5) is 14.6. The molecule has 0 atom stereocenters. The maximum Gasteiger partial charge on any atom is 0.284 e. The zero-order valence-corrected chi connectivity index (χ0v) is 17.7. The molecule has 1 aliphatic heterocycles. The van der Waals surface area contributed by atoms with Crippen LogP contribution in [0.5, 0.6) is 5.75 Å². The fraction of sp³-hybridized carbons (Fsp3) is 0.143. The van der Waals surface area contributed by atoms with Crippen molar-refractivity contribution >= 4 is 38.9 Å². The van der Waals surface area contributed by atoms with Gasteiger partial charge >= 0.3 is 0 Å². The van der Waals surface area contributed by atoms with E-state index in [1.165, 1.54) is 23.1 Å². The van der Waals surface area contributed by atoms with Crippen LogP contribution in [0.1, 0.15) is 11.1 Å². The summed E-state index contributed by atoms with van der Waals surface area (Å²) in [6, 6.07) is 13.6.